The zero-order chi connectivity index (χ0) is 14.1. The van der Waals surface area contributed by atoms with Gasteiger partial charge < -0.3 is 5.32 Å². The summed E-state index contributed by atoms with van der Waals surface area (Å²) in [4.78, 5) is 4.23. The fraction of sp³-hybridized carbons (Fsp3) is 0.308. The number of hydrogen-bond acceptors (Lipinski definition) is 6. The molecule has 106 valence electrons. The number of aryl methyl sites for hydroxylation is 1. The van der Waals surface area contributed by atoms with Gasteiger partial charge in [-0.1, -0.05) is 23.3 Å². The van der Waals surface area contributed by atoms with E-state index < -0.39 is 0 Å². The van der Waals surface area contributed by atoms with Crippen molar-refractivity contribution < 1.29 is 0 Å². The van der Waals surface area contributed by atoms with E-state index in [9.17, 15) is 0 Å². The van der Waals surface area contributed by atoms with Crippen LogP contribution in [-0.4, -0.2) is 41.0 Å². The fourth-order valence-electron chi connectivity index (χ4n) is 2.56. The fourth-order valence-corrected chi connectivity index (χ4v) is 2.56. The number of rotatable bonds is 3. The van der Waals surface area contributed by atoms with Crippen molar-refractivity contribution in [3.05, 3.63) is 42.5 Å². The minimum Gasteiger partial charge on any atom is -0.348 e. The van der Waals surface area contributed by atoms with E-state index in [0.29, 0.717) is 5.95 Å². The summed E-state index contributed by atoms with van der Waals surface area (Å²) < 4.78 is 3.63. The number of benzene rings is 1. The van der Waals surface area contributed by atoms with Crippen molar-refractivity contribution in [3.63, 3.8) is 0 Å². The van der Waals surface area contributed by atoms with Gasteiger partial charge in [0.1, 0.15) is 12.2 Å². The van der Waals surface area contributed by atoms with Gasteiger partial charge in [-0.25, -0.2) is 9.67 Å². The van der Waals surface area contributed by atoms with Crippen LogP contribution in [0.15, 0.2) is 36.7 Å². The predicted octanol–water partition coefficient (Wildman–Crippen LogP) is 0.681. The third-order valence-electron chi connectivity index (χ3n) is 3.61. The summed E-state index contributed by atoms with van der Waals surface area (Å²) in [6, 6.07) is 10.1. The van der Waals surface area contributed by atoms with Gasteiger partial charge in [0.05, 0.1) is 12.2 Å². The Kier molecular flexibility index (Phi) is 2.84. The quantitative estimate of drug-likeness (QED) is 0.760. The van der Waals surface area contributed by atoms with E-state index in [-0.39, 0.29) is 6.04 Å². The van der Waals surface area contributed by atoms with Crippen LogP contribution >= 0.6 is 0 Å². The Labute approximate surface area is 120 Å². The highest BCUT2D eigenvalue weighted by Crippen LogP contribution is 2.17. The lowest BCUT2D eigenvalue weighted by molar-refractivity contribution is 0.439. The molecule has 0 aliphatic carbocycles. The topological polar surface area (TPSA) is 86.3 Å². The molecule has 3 aromatic rings. The molecular weight excluding hydrogens is 268 g/mol. The molecule has 1 aliphatic heterocycles. The molecule has 0 radical (unpaired) electrons. The van der Waals surface area contributed by atoms with Crippen molar-refractivity contribution >= 4 is 5.95 Å². The highest BCUT2D eigenvalue weighted by atomic mass is 15.6. The molecule has 1 aliphatic rings. The van der Waals surface area contributed by atoms with Crippen LogP contribution in [-0.2, 0) is 13.0 Å². The van der Waals surface area contributed by atoms with Crippen molar-refractivity contribution in [1.29, 1.82) is 0 Å². The van der Waals surface area contributed by atoms with Gasteiger partial charge in [-0.05, 0) is 29.0 Å². The van der Waals surface area contributed by atoms with Crippen LogP contribution in [0.4, 0.5) is 5.95 Å². The summed E-state index contributed by atoms with van der Waals surface area (Å²) in [5.74, 6) is 1.69. The number of fused-ring (bicyclic) bond motifs is 1. The Morgan fingerprint density at radius 1 is 1.19 bits per heavy atom. The Bertz CT molecular complexity index is 731. The standard InChI is InChI=1S/C13H14N8/c1-2-4-11(5-3-1)21-13(17-18-19-21)16-10-6-7-12-14-9-15-20(12)8-10/h1-5,9-10H,6-8H2,(H,16,17,19). The van der Waals surface area contributed by atoms with E-state index >= 15 is 0 Å². The second-order valence-electron chi connectivity index (χ2n) is 4.99. The van der Waals surface area contributed by atoms with Gasteiger partial charge >= 0.3 is 0 Å². The first kappa shape index (κ1) is 12.0. The van der Waals surface area contributed by atoms with E-state index in [0.717, 1.165) is 30.9 Å². The maximum absolute atomic E-state index is 4.23. The van der Waals surface area contributed by atoms with Crippen molar-refractivity contribution in [3.8, 4) is 5.69 Å². The van der Waals surface area contributed by atoms with E-state index in [4.69, 9.17) is 0 Å². The van der Waals surface area contributed by atoms with Gasteiger partial charge in [0.25, 0.3) is 0 Å². The first-order valence-corrected chi connectivity index (χ1v) is 6.87. The second-order valence-corrected chi connectivity index (χ2v) is 4.99. The molecule has 21 heavy (non-hydrogen) atoms. The Balaban J connectivity index is 1.55. The summed E-state index contributed by atoms with van der Waals surface area (Å²) in [7, 11) is 0. The lowest BCUT2D eigenvalue weighted by Gasteiger charge is -2.23. The number of aromatic nitrogens is 7. The van der Waals surface area contributed by atoms with Gasteiger partial charge in [0.2, 0.25) is 5.95 Å². The number of para-hydroxylation sites is 1. The largest absolute Gasteiger partial charge is 0.348 e. The van der Waals surface area contributed by atoms with Gasteiger partial charge in [0.15, 0.2) is 0 Å². The predicted molar refractivity (Wildman–Crippen MR) is 74.9 cm³/mol. The maximum Gasteiger partial charge on any atom is 0.248 e. The molecule has 0 spiro atoms. The zero-order valence-corrected chi connectivity index (χ0v) is 11.3. The summed E-state index contributed by atoms with van der Waals surface area (Å²) in [6.45, 7) is 0.775. The monoisotopic (exact) mass is 282 g/mol. The normalized spacial score (nSPS) is 17.4. The van der Waals surface area contributed by atoms with E-state index in [2.05, 4.69) is 30.9 Å². The third kappa shape index (κ3) is 2.24. The average Bonchev–Trinajstić information content (AvgIpc) is 3.16. The summed E-state index contributed by atoms with van der Waals surface area (Å²) in [5, 5.41) is 19.5. The molecule has 0 amide bonds. The third-order valence-corrected chi connectivity index (χ3v) is 3.61. The second kappa shape index (κ2) is 4.97. The number of nitrogens with zero attached hydrogens (tertiary/aromatic N) is 7. The van der Waals surface area contributed by atoms with E-state index in [1.54, 1.807) is 11.0 Å². The molecule has 1 aromatic carbocycles. The number of anilines is 1. The zero-order valence-electron chi connectivity index (χ0n) is 11.3. The van der Waals surface area contributed by atoms with Crippen molar-refractivity contribution in [2.24, 2.45) is 0 Å². The van der Waals surface area contributed by atoms with Crippen LogP contribution in [0.1, 0.15) is 12.2 Å². The summed E-state index contributed by atoms with van der Waals surface area (Å²) in [5.41, 5.74) is 0.933. The van der Waals surface area contributed by atoms with Crippen molar-refractivity contribution in [2.75, 3.05) is 5.32 Å². The number of tetrazole rings is 1. The molecule has 8 nitrogen and oxygen atoms in total. The molecule has 1 unspecified atom stereocenters. The van der Waals surface area contributed by atoms with Crippen LogP contribution in [0, 0.1) is 0 Å². The molecular formula is C13H14N8. The van der Waals surface area contributed by atoms with Crippen LogP contribution < -0.4 is 5.32 Å². The first-order valence-electron chi connectivity index (χ1n) is 6.87. The molecule has 0 bridgehead atoms. The molecule has 1 N–H and O–H groups in total. The number of nitrogens with one attached hydrogen (secondary N) is 1. The van der Waals surface area contributed by atoms with Gasteiger partial charge in [-0.3, -0.25) is 0 Å². The Morgan fingerprint density at radius 3 is 3.00 bits per heavy atom. The van der Waals surface area contributed by atoms with Crippen molar-refractivity contribution in [1.82, 2.24) is 35.0 Å². The molecule has 0 saturated carbocycles. The number of hydrogen-bond donors (Lipinski definition) is 1. The molecule has 0 fully saturated rings. The van der Waals surface area contributed by atoms with Crippen LogP contribution in [0.2, 0.25) is 0 Å². The average molecular weight is 282 g/mol. The van der Waals surface area contributed by atoms with Crippen LogP contribution in [0.5, 0.6) is 0 Å². The highest BCUT2D eigenvalue weighted by Gasteiger charge is 2.21. The Hall–Kier alpha value is -2.77. The van der Waals surface area contributed by atoms with Crippen molar-refractivity contribution in [2.45, 2.75) is 25.4 Å². The molecule has 8 heteroatoms. The summed E-state index contributed by atoms with van der Waals surface area (Å²) >= 11 is 0. The lowest BCUT2D eigenvalue weighted by Crippen LogP contribution is -2.33. The van der Waals surface area contributed by atoms with Crippen LogP contribution in [0.25, 0.3) is 5.69 Å². The van der Waals surface area contributed by atoms with E-state index in [1.165, 1.54) is 0 Å². The minimum absolute atomic E-state index is 0.243. The van der Waals surface area contributed by atoms with Crippen LogP contribution in [0.3, 0.4) is 0 Å². The minimum atomic E-state index is 0.243. The maximum atomic E-state index is 4.23. The Morgan fingerprint density at radius 2 is 2.10 bits per heavy atom. The van der Waals surface area contributed by atoms with Gasteiger partial charge in [-0.2, -0.15) is 9.78 Å². The molecule has 0 saturated heterocycles. The van der Waals surface area contributed by atoms with Gasteiger partial charge in [-0.15, -0.1) is 0 Å². The SMILES string of the molecule is c1ccc(-n2nnnc2NC2CCc3ncnn3C2)cc1. The molecule has 2 aromatic heterocycles. The summed E-state index contributed by atoms with van der Waals surface area (Å²) in [6.07, 6.45) is 3.50. The lowest BCUT2D eigenvalue weighted by atomic mass is 10.1. The molecule has 1 atom stereocenters. The molecule has 3 heterocycles. The smallest absolute Gasteiger partial charge is 0.248 e. The highest BCUT2D eigenvalue weighted by molar-refractivity contribution is 5.38. The first-order chi connectivity index (χ1) is 10.4. The van der Waals surface area contributed by atoms with E-state index in [1.807, 2.05) is 35.0 Å². The van der Waals surface area contributed by atoms with Gasteiger partial charge in [0, 0.05) is 12.5 Å². The molecule has 4 rings (SSSR count).